The summed E-state index contributed by atoms with van der Waals surface area (Å²) in [5.41, 5.74) is 0. The van der Waals surface area contributed by atoms with Crippen LogP contribution in [0.4, 0.5) is 0 Å². The van der Waals surface area contributed by atoms with E-state index in [2.05, 4.69) is 31.9 Å². The van der Waals surface area contributed by atoms with Gasteiger partial charge >= 0.3 is 0 Å². The van der Waals surface area contributed by atoms with Crippen LogP contribution < -0.4 is 5.32 Å². The van der Waals surface area contributed by atoms with Gasteiger partial charge in [0.05, 0.1) is 0 Å². The molecule has 2 aliphatic heterocycles. The van der Waals surface area contributed by atoms with Gasteiger partial charge in [0.25, 0.3) is 0 Å². The van der Waals surface area contributed by atoms with E-state index in [-0.39, 0.29) is 0 Å². The Morgan fingerprint density at radius 3 is 2.24 bits per heavy atom. The second kappa shape index (κ2) is 8.88. The van der Waals surface area contributed by atoms with E-state index in [0.29, 0.717) is 11.8 Å². The molecule has 3 rings (SSSR count). The van der Waals surface area contributed by atoms with Crippen LogP contribution in [0.1, 0.15) is 39.0 Å². The number of amides is 1. The van der Waals surface area contributed by atoms with Crippen molar-refractivity contribution in [3.05, 3.63) is 0 Å². The number of nitrogens with zero attached hydrogens (tertiary/aromatic N) is 4. The second-order valence-corrected chi connectivity index (χ2v) is 7.94. The molecule has 0 aromatic carbocycles. The molecule has 0 unspecified atom stereocenters. The van der Waals surface area contributed by atoms with Crippen molar-refractivity contribution in [1.29, 1.82) is 0 Å². The van der Waals surface area contributed by atoms with Crippen molar-refractivity contribution in [2.75, 3.05) is 59.4 Å². The van der Waals surface area contributed by atoms with Crippen LogP contribution in [-0.4, -0.2) is 86.0 Å². The monoisotopic (exact) mass is 349 g/mol. The van der Waals surface area contributed by atoms with Gasteiger partial charge in [-0.2, -0.15) is 0 Å². The van der Waals surface area contributed by atoms with Crippen molar-refractivity contribution in [3.63, 3.8) is 0 Å². The van der Waals surface area contributed by atoms with Gasteiger partial charge in [0.15, 0.2) is 5.96 Å². The zero-order valence-electron chi connectivity index (χ0n) is 16.0. The molecule has 6 heteroatoms. The highest BCUT2D eigenvalue weighted by atomic mass is 16.2. The third-order valence-corrected chi connectivity index (χ3v) is 6.14. The Morgan fingerprint density at radius 1 is 1.00 bits per heavy atom. The summed E-state index contributed by atoms with van der Waals surface area (Å²) in [6, 6.07) is 0. The molecule has 6 nitrogen and oxygen atoms in total. The summed E-state index contributed by atoms with van der Waals surface area (Å²) < 4.78 is 0. The summed E-state index contributed by atoms with van der Waals surface area (Å²) in [4.78, 5) is 23.7. The van der Waals surface area contributed by atoms with Gasteiger partial charge in [-0.3, -0.25) is 14.7 Å². The zero-order chi connectivity index (χ0) is 17.6. The van der Waals surface area contributed by atoms with Crippen LogP contribution in [0.25, 0.3) is 0 Å². The molecule has 3 aliphatic rings. The lowest BCUT2D eigenvalue weighted by Gasteiger charge is -2.38. The van der Waals surface area contributed by atoms with Gasteiger partial charge < -0.3 is 15.1 Å². The van der Waals surface area contributed by atoms with Gasteiger partial charge in [-0.25, -0.2) is 0 Å². The van der Waals surface area contributed by atoms with Crippen molar-refractivity contribution in [3.8, 4) is 0 Å². The first-order valence-corrected chi connectivity index (χ1v) is 10.1. The van der Waals surface area contributed by atoms with Crippen molar-refractivity contribution < 1.29 is 4.79 Å². The molecule has 0 aromatic rings. The van der Waals surface area contributed by atoms with Crippen LogP contribution in [0.3, 0.4) is 0 Å². The molecule has 1 aliphatic carbocycles. The maximum atomic E-state index is 12.3. The Kier molecular flexibility index (Phi) is 6.57. The van der Waals surface area contributed by atoms with E-state index >= 15 is 0 Å². The number of piperidine rings is 1. The lowest BCUT2D eigenvalue weighted by Crippen LogP contribution is -2.53. The molecular formula is C19H35N5O. The minimum absolute atomic E-state index is 0.337. The minimum Gasteiger partial charge on any atom is -0.355 e. The minimum atomic E-state index is 0.337. The second-order valence-electron chi connectivity index (χ2n) is 7.94. The molecule has 0 aromatic heterocycles. The summed E-state index contributed by atoms with van der Waals surface area (Å²) in [7, 11) is 1.88. The van der Waals surface area contributed by atoms with E-state index in [9.17, 15) is 4.79 Å². The molecule has 3 fully saturated rings. The maximum Gasteiger partial charge on any atom is 0.225 e. The molecule has 0 radical (unpaired) electrons. The number of piperazine rings is 1. The molecule has 2 saturated heterocycles. The highest BCUT2D eigenvalue weighted by molar-refractivity contribution is 5.80. The quantitative estimate of drug-likeness (QED) is 0.613. The third kappa shape index (κ3) is 4.87. The van der Waals surface area contributed by atoms with Crippen LogP contribution in [0, 0.1) is 11.8 Å². The van der Waals surface area contributed by atoms with Crippen molar-refractivity contribution >= 4 is 11.9 Å². The lowest BCUT2D eigenvalue weighted by atomic mass is 9.84. The number of guanidine groups is 1. The molecule has 0 atom stereocenters. The van der Waals surface area contributed by atoms with Gasteiger partial charge in [0, 0.05) is 65.3 Å². The van der Waals surface area contributed by atoms with E-state index < -0.39 is 0 Å². The topological polar surface area (TPSA) is 51.2 Å². The fourth-order valence-electron chi connectivity index (χ4n) is 3.98. The van der Waals surface area contributed by atoms with Gasteiger partial charge in [0.2, 0.25) is 5.91 Å². The normalized spacial score (nSPS) is 24.3. The van der Waals surface area contributed by atoms with E-state index in [1.807, 2.05) is 7.05 Å². The van der Waals surface area contributed by atoms with Crippen molar-refractivity contribution in [2.45, 2.75) is 39.0 Å². The molecule has 0 bridgehead atoms. The fraction of sp³-hybridized carbons (Fsp3) is 0.895. The largest absolute Gasteiger partial charge is 0.355 e. The Balaban J connectivity index is 1.33. The molecular weight excluding hydrogens is 314 g/mol. The number of likely N-dealkylation sites (tertiary alicyclic amines) is 1. The van der Waals surface area contributed by atoms with E-state index in [1.165, 1.54) is 19.3 Å². The summed E-state index contributed by atoms with van der Waals surface area (Å²) in [6.07, 6.45) is 5.98. The number of carbonyl (C=O) groups is 1. The van der Waals surface area contributed by atoms with Crippen LogP contribution >= 0.6 is 0 Å². The number of rotatable bonds is 4. The molecule has 1 N–H and O–H groups in total. The first-order valence-electron chi connectivity index (χ1n) is 10.1. The predicted octanol–water partition coefficient (Wildman–Crippen LogP) is 1.24. The van der Waals surface area contributed by atoms with Crippen LogP contribution in [0.15, 0.2) is 4.99 Å². The van der Waals surface area contributed by atoms with Gasteiger partial charge in [-0.15, -0.1) is 0 Å². The van der Waals surface area contributed by atoms with Crippen LogP contribution in [0.2, 0.25) is 0 Å². The molecule has 25 heavy (non-hydrogen) atoms. The SMILES string of the molecule is CN=C(NCCN1CCN(C(=O)C2CCC2)CC1)N1CCC(C)CC1. The first kappa shape index (κ1) is 18.5. The first-order chi connectivity index (χ1) is 12.2. The molecule has 1 saturated carbocycles. The predicted molar refractivity (Wildman–Crippen MR) is 102 cm³/mol. The molecule has 2 heterocycles. The lowest BCUT2D eigenvalue weighted by molar-refractivity contribution is -0.139. The van der Waals surface area contributed by atoms with Crippen molar-refractivity contribution in [1.82, 2.24) is 20.0 Å². The number of hydrogen-bond donors (Lipinski definition) is 1. The molecule has 1 amide bonds. The number of carbonyl (C=O) groups excluding carboxylic acids is 1. The summed E-state index contributed by atoms with van der Waals surface area (Å²) >= 11 is 0. The average Bonchev–Trinajstić information content (AvgIpc) is 2.59. The Hall–Kier alpha value is -1.30. The Morgan fingerprint density at radius 2 is 1.68 bits per heavy atom. The zero-order valence-corrected chi connectivity index (χ0v) is 16.0. The van der Waals surface area contributed by atoms with Gasteiger partial charge in [-0.1, -0.05) is 13.3 Å². The molecule has 0 spiro atoms. The van der Waals surface area contributed by atoms with Crippen LogP contribution in [0.5, 0.6) is 0 Å². The fourth-order valence-corrected chi connectivity index (χ4v) is 3.98. The Bertz CT molecular complexity index is 460. The van der Waals surface area contributed by atoms with Crippen LogP contribution in [-0.2, 0) is 4.79 Å². The van der Waals surface area contributed by atoms with Crippen molar-refractivity contribution in [2.24, 2.45) is 16.8 Å². The average molecular weight is 350 g/mol. The third-order valence-electron chi connectivity index (χ3n) is 6.14. The highest BCUT2D eigenvalue weighted by Crippen LogP contribution is 2.28. The van der Waals surface area contributed by atoms with E-state index in [1.54, 1.807) is 0 Å². The number of aliphatic imine (C=N–C) groups is 1. The van der Waals surface area contributed by atoms with Gasteiger partial charge in [0.1, 0.15) is 0 Å². The number of nitrogens with one attached hydrogen (secondary N) is 1. The van der Waals surface area contributed by atoms with E-state index in [0.717, 1.165) is 77.1 Å². The smallest absolute Gasteiger partial charge is 0.225 e. The van der Waals surface area contributed by atoms with E-state index in [4.69, 9.17) is 0 Å². The highest BCUT2D eigenvalue weighted by Gasteiger charge is 2.31. The van der Waals surface area contributed by atoms with Gasteiger partial charge in [-0.05, 0) is 31.6 Å². The summed E-state index contributed by atoms with van der Waals surface area (Å²) in [5, 5.41) is 3.53. The summed E-state index contributed by atoms with van der Waals surface area (Å²) in [5.74, 6) is 2.63. The number of hydrogen-bond acceptors (Lipinski definition) is 3. The summed E-state index contributed by atoms with van der Waals surface area (Å²) in [6.45, 7) is 10.3. The standard InChI is InChI=1S/C19H35N5O/c1-16-6-9-24(10-7-16)19(20-2)21-8-11-22-12-14-23(15-13-22)18(25)17-4-3-5-17/h16-17H,3-15H2,1-2H3,(H,20,21). The molecule has 142 valence electrons. The maximum absolute atomic E-state index is 12.3. The Labute approximate surface area is 152 Å².